The number of benzene rings is 3. The lowest BCUT2D eigenvalue weighted by atomic mass is 10.1. The van der Waals surface area contributed by atoms with E-state index in [1.54, 1.807) is 18.2 Å². The zero-order chi connectivity index (χ0) is 24.2. The van der Waals surface area contributed by atoms with Gasteiger partial charge in [0.1, 0.15) is 23.2 Å². The number of hydrogen-bond donors (Lipinski definition) is 1. The summed E-state index contributed by atoms with van der Waals surface area (Å²) in [6.07, 6.45) is 1.51. The largest absolute Gasteiger partial charge is 0.488 e. The number of aryl methyl sites for hydroxylation is 2. The molecule has 0 atom stereocenters. The van der Waals surface area contributed by atoms with E-state index in [-0.39, 0.29) is 23.3 Å². The number of nitrogens with zero attached hydrogens (tertiary/aromatic N) is 2. The van der Waals surface area contributed by atoms with Gasteiger partial charge in [-0.2, -0.15) is 5.10 Å². The smallest absolute Gasteiger partial charge is 0.256 e. The lowest BCUT2D eigenvalue weighted by molar-refractivity contribution is 0.102. The summed E-state index contributed by atoms with van der Waals surface area (Å²) in [5.74, 6) is 0.248. The van der Waals surface area contributed by atoms with Crippen molar-refractivity contribution in [1.82, 2.24) is 9.78 Å². The molecule has 0 aliphatic heterocycles. The number of amides is 1. The zero-order valence-corrected chi connectivity index (χ0v) is 20.1. The predicted molar refractivity (Wildman–Crippen MR) is 132 cm³/mol. The number of ether oxygens (including phenoxy) is 1. The molecule has 8 heteroatoms. The molecule has 0 saturated heterocycles. The Hall–Kier alpha value is -3.35. The number of carbonyl (C=O) groups is 1. The highest BCUT2D eigenvalue weighted by molar-refractivity contribution is 6.33. The number of nitrogens with one attached hydrogen (secondary N) is 1. The van der Waals surface area contributed by atoms with Crippen LogP contribution in [0.15, 0.2) is 66.9 Å². The number of rotatable bonds is 7. The highest BCUT2D eigenvalue weighted by Crippen LogP contribution is 2.25. The average Bonchev–Trinajstić information content (AvgIpc) is 3.15. The van der Waals surface area contributed by atoms with Gasteiger partial charge >= 0.3 is 0 Å². The van der Waals surface area contributed by atoms with E-state index in [4.69, 9.17) is 27.9 Å². The van der Waals surface area contributed by atoms with E-state index < -0.39 is 5.82 Å². The van der Waals surface area contributed by atoms with Gasteiger partial charge in [-0.05, 0) is 54.8 Å². The van der Waals surface area contributed by atoms with Crippen molar-refractivity contribution in [3.63, 3.8) is 0 Å². The first-order valence-electron chi connectivity index (χ1n) is 10.6. The van der Waals surface area contributed by atoms with E-state index in [2.05, 4.69) is 10.4 Å². The molecule has 0 bridgehead atoms. The summed E-state index contributed by atoms with van der Waals surface area (Å²) in [5, 5.41) is 7.48. The third-order valence-electron chi connectivity index (χ3n) is 5.34. The Balaban J connectivity index is 1.40. The fourth-order valence-electron chi connectivity index (χ4n) is 3.52. The van der Waals surface area contributed by atoms with Crippen molar-refractivity contribution in [2.75, 3.05) is 5.32 Å². The van der Waals surface area contributed by atoms with Crippen LogP contribution in [-0.2, 0) is 13.2 Å². The molecule has 5 nitrogen and oxygen atoms in total. The van der Waals surface area contributed by atoms with Crippen LogP contribution < -0.4 is 10.1 Å². The summed E-state index contributed by atoms with van der Waals surface area (Å²) in [7, 11) is 0. The van der Waals surface area contributed by atoms with Crippen molar-refractivity contribution in [2.45, 2.75) is 27.0 Å². The standard InChI is InChI=1S/C26H22Cl2FN3O2/c1-16-5-3-6-17(2)24(16)34-15-18-9-11-19(12-10-18)26(33)30-25-22(28)14-32(31-25)13-20-21(27)7-4-8-23(20)29/h3-12,14H,13,15H2,1-2H3,(H,30,31,33). The Morgan fingerprint density at radius 1 is 1.00 bits per heavy atom. The number of aromatic nitrogens is 2. The van der Waals surface area contributed by atoms with E-state index in [0.717, 1.165) is 22.4 Å². The second-order valence-electron chi connectivity index (χ2n) is 7.88. The molecule has 0 unspecified atom stereocenters. The molecule has 0 fully saturated rings. The van der Waals surface area contributed by atoms with Crippen molar-refractivity contribution < 1.29 is 13.9 Å². The molecule has 1 aromatic heterocycles. The van der Waals surface area contributed by atoms with Crippen LogP contribution in [0.4, 0.5) is 10.2 Å². The Bertz CT molecular complexity index is 1300. The monoisotopic (exact) mass is 497 g/mol. The molecule has 0 aliphatic rings. The van der Waals surface area contributed by atoms with Crippen molar-refractivity contribution in [1.29, 1.82) is 0 Å². The molecule has 4 rings (SSSR count). The number of carbonyl (C=O) groups excluding carboxylic acids is 1. The van der Waals surface area contributed by atoms with Crippen molar-refractivity contribution >= 4 is 34.9 Å². The van der Waals surface area contributed by atoms with Gasteiger partial charge < -0.3 is 10.1 Å². The normalized spacial score (nSPS) is 10.9. The van der Waals surface area contributed by atoms with Crippen LogP contribution >= 0.6 is 23.2 Å². The summed E-state index contributed by atoms with van der Waals surface area (Å²) < 4.78 is 21.5. The van der Waals surface area contributed by atoms with E-state index in [0.29, 0.717) is 22.8 Å². The quantitative estimate of drug-likeness (QED) is 0.304. The van der Waals surface area contributed by atoms with Crippen LogP contribution in [-0.4, -0.2) is 15.7 Å². The van der Waals surface area contributed by atoms with Crippen LogP contribution in [0.25, 0.3) is 0 Å². The minimum absolute atomic E-state index is 0.0795. The number of halogens is 3. The second kappa shape index (κ2) is 10.3. The minimum atomic E-state index is -0.439. The first-order chi connectivity index (χ1) is 16.3. The molecule has 0 aliphatic carbocycles. The van der Waals surface area contributed by atoms with Crippen molar-refractivity contribution in [3.8, 4) is 5.75 Å². The number of hydrogen-bond acceptors (Lipinski definition) is 3. The van der Waals surface area contributed by atoms with Crippen LogP contribution in [0.1, 0.15) is 32.6 Å². The van der Waals surface area contributed by atoms with E-state index in [1.165, 1.54) is 23.0 Å². The lowest BCUT2D eigenvalue weighted by Gasteiger charge is -2.12. The maximum absolute atomic E-state index is 14.1. The fraction of sp³-hybridized carbons (Fsp3) is 0.154. The zero-order valence-electron chi connectivity index (χ0n) is 18.6. The molecule has 0 radical (unpaired) electrons. The highest BCUT2D eigenvalue weighted by atomic mass is 35.5. The van der Waals surface area contributed by atoms with Crippen molar-refractivity contribution in [3.05, 3.63) is 111 Å². The SMILES string of the molecule is Cc1cccc(C)c1OCc1ccc(C(=O)Nc2nn(Cc3c(F)cccc3Cl)cc2Cl)cc1. The van der Waals surface area contributed by atoms with Gasteiger partial charge in [-0.3, -0.25) is 9.48 Å². The van der Waals surface area contributed by atoms with Crippen molar-refractivity contribution in [2.24, 2.45) is 0 Å². The molecule has 174 valence electrons. The summed E-state index contributed by atoms with van der Waals surface area (Å²) in [4.78, 5) is 12.7. The van der Waals surface area contributed by atoms with Gasteiger partial charge in [0.2, 0.25) is 0 Å². The Labute approximate surface area is 207 Å². The minimum Gasteiger partial charge on any atom is -0.488 e. The third kappa shape index (κ3) is 5.41. The van der Waals surface area contributed by atoms with Gasteiger partial charge in [0.25, 0.3) is 5.91 Å². The number of para-hydroxylation sites is 1. The molecular formula is C26H22Cl2FN3O2. The van der Waals surface area contributed by atoms with Gasteiger partial charge in [0, 0.05) is 22.3 Å². The molecule has 0 saturated carbocycles. The summed E-state index contributed by atoms with van der Waals surface area (Å²) in [5.41, 5.74) is 3.82. The van der Waals surface area contributed by atoms with E-state index in [9.17, 15) is 9.18 Å². The maximum Gasteiger partial charge on any atom is 0.256 e. The molecular weight excluding hydrogens is 476 g/mol. The molecule has 3 aromatic carbocycles. The summed E-state index contributed by atoms with van der Waals surface area (Å²) in [6.45, 7) is 4.49. The van der Waals surface area contributed by atoms with Gasteiger partial charge in [-0.1, -0.05) is 59.6 Å². The van der Waals surface area contributed by atoms with Gasteiger partial charge in [0.05, 0.1) is 6.54 Å². The molecule has 1 heterocycles. The molecule has 34 heavy (non-hydrogen) atoms. The second-order valence-corrected chi connectivity index (χ2v) is 8.70. The Morgan fingerprint density at radius 3 is 2.35 bits per heavy atom. The average molecular weight is 498 g/mol. The molecule has 0 spiro atoms. The number of anilines is 1. The van der Waals surface area contributed by atoms with Crippen LogP contribution in [0.2, 0.25) is 10.0 Å². The molecule has 4 aromatic rings. The molecule has 1 N–H and O–H groups in total. The predicted octanol–water partition coefficient (Wildman–Crippen LogP) is 6.83. The van der Waals surface area contributed by atoms with Crippen LogP contribution in [0.5, 0.6) is 5.75 Å². The van der Waals surface area contributed by atoms with Crippen LogP contribution in [0, 0.1) is 19.7 Å². The fourth-order valence-corrected chi connectivity index (χ4v) is 3.94. The van der Waals surface area contributed by atoms with Gasteiger partial charge in [-0.25, -0.2) is 4.39 Å². The first-order valence-corrected chi connectivity index (χ1v) is 11.3. The van der Waals surface area contributed by atoms with Crippen LogP contribution in [0.3, 0.4) is 0 Å². The highest BCUT2D eigenvalue weighted by Gasteiger charge is 2.15. The van der Waals surface area contributed by atoms with E-state index in [1.807, 2.05) is 44.2 Å². The topological polar surface area (TPSA) is 56.1 Å². The Morgan fingerprint density at radius 2 is 1.68 bits per heavy atom. The maximum atomic E-state index is 14.1. The summed E-state index contributed by atoms with van der Waals surface area (Å²) in [6, 6.07) is 17.6. The summed E-state index contributed by atoms with van der Waals surface area (Å²) >= 11 is 12.3. The van der Waals surface area contributed by atoms with Gasteiger partial charge in [-0.15, -0.1) is 0 Å². The third-order valence-corrected chi connectivity index (χ3v) is 5.97. The Kier molecular flexibility index (Phi) is 7.20. The first kappa shape index (κ1) is 23.8. The lowest BCUT2D eigenvalue weighted by Crippen LogP contribution is -2.13. The van der Waals surface area contributed by atoms with Gasteiger partial charge in [0.15, 0.2) is 5.82 Å². The van der Waals surface area contributed by atoms with E-state index >= 15 is 0 Å². The molecule has 1 amide bonds.